The molecule has 1 aromatic heterocycles. The molecule has 1 amide bonds. The second-order valence-corrected chi connectivity index (χ2v) is 8.26. The van der Waals surface area contributed by atoms with E-state index in [-0.39, 0.29) is 24.1 Å². The second-order valence-electron chi connectivity index (χ2n) is 6.66. The van der Waals surface area contributed by atoms with Gasteiger partial charge in [-0.1, -0.05) is 22.9 Å². The number of piperidine rings is 1. The summed E-state index contributed by atoms with van der Waals surface area (Å²) in [6.45, 7) is 0.811. The van der Waals surface area contributed by atoms with Crippen LogP contribution in [0.25, 0.3) is 0 Å². The number of hydrogen-bond acceptors (Lipinski definition) is 6. The number of aromatic nitrogens is 1. The summed E-state index contributed by atoms with van der Waals surface area (Å²) in [6.07, 6.45) is 3.28. The number of fused-ring (bicyclic) bond motifs is 2. The van der Waals surface area contributed by atoms with Crippen LogP contribution in [0.5, 0.6) is 11.5 Å². The molecule has 2 unspecified atom stereocenters. The number of anilines is 2. The van der Waals surface area contributed by atoms with Crippen molar-refractivity contribution in [3.05, 3.63) is 28.0 Å². The van der Waals surface area contributed by atoms with Crippen molar-refractivity contribution in [1.82, 2.24) is 9.88 Å². The van der Waals surface area contributed by atoms with Gasteiger partial charge in [0, 0.05) is 24.7 Å². The van der Waals surface area contributed by atoms with E-state index in [4.69, 9.17) is 21.1 Å². The number of halogens is 2. The van der Waals surface area contributed by atoms with Gasteiger partial charge in [-0.3, -0.25) is 4.79 Å². The minimum Gasteiger partial charge on any atom is -0.454 e. The Morgan fingerprint density at radius 1 is 1.38 bits per heavy atom. The van der Waals surface area contributed by atoms with Crippen LogP contribution < -0.4 is 14.8 Å². The highest BCUT2D eigenvalue weighted by molar-refractivity contribution is 7.19. The molecule has 136 valence electrons. The topological polar surface area (TPSA) is 63.7 Å². The summed E-state index contributed by atoms with van der Waals surface area (Å²) in [5.74, 6) is 0.819. The molecule has 1 N–H and O–H groups in total. The number of nitrogens with zero attached hydrogens (tertiary/aromatic N) is 2. The second kappa shape index (κ2) is 5.99. The number of carbonyl (C=O) groups is 1. The van der Waals surface area contributed by atoms with Gasteiger partial charge in [0.15, 0.2) is 28.1 Å². The maximum atomic E-state index is 14.2. The van der Waals surface area contributed by atoms with Gasteiger partial charge in [0.1, 0.15) is 4.34 Å². The van der Waals surface area contributed by atoms with Crippen molar-refractivity contribution in [2.45, 2.75) is 25.3 Å². The Bertz CT molecular complexity index is 906. The van der Waals surface area contributed by atoms with E-state index in [0.717, 1.165) is 30.7 Å². The van der Waals surface area contributed by atoms with Crippen molar-refractivity contribution in [3.8, 4) is 11.5 Å². The van der Waals surface area contributed by atoms with Crippen molar-refractivity contribution in [2.24, 2.45) is 5.92 Å². The SMILES string of the molecule is O=C(c1nc(Nc2cc3c(cc2F)OCO3)sc1Cl)N1CCCC2CC21. The average molecular weight is 396 g/mol. The van der Waals surface area contributed by atoms with Crippen LogP contribution in [0.1, 0.15) is 29.8 Å². The zero-order valence-electron chi connectivity index (χ0n) is 13.6. The lowest BCUT2D eigenvalue weighted by atomic mass is 10.1. The molecule has 0 radical (unpaired) electrons. The molecule has 1 aromatic carbocycles. The first kappa shape index (κ1) is 16.1. The van der Waals surface area contributed by atoms with Gasteiger partial charge in [-0.25, -0.2) is 9.37 Å². The maximum Gasteiger partial charge on any atom is 0.275 e. The van der Waals surface area contributed by atoms with Crippen LogP contribution in [0.3, 0.4) is 0 Å². The van der Waals surface area contributed by atoms with Gasteiger partial charge in [0.25, 0.3) is 5.91 Å². The summed E-state index contributed by atoms with van der Waals surface area (Å²) in [6, 6.07) is 3.09. The van der Waals surface area contributed by atoms with E-state index in [1.54, 1.807) is 0 Å². The largest absolute Gasteiger partial charge is 0.454 e. The minimum absolute atomic E-state index is 0.0674. The first-order valence-corrected chi connectivity index (χ1v) is 9.63. The average Bonchev–Trinajstić information content (AvgIpc) is 3.15. The van der Waals surface area contributed by atoms with E-state index < -0.39 is 5.82 Å². The zero-order chi connectivity index (χ0) is 17.8. The van der Waals surface area contributed by atoms with Crippen LogP contribution in [0, 0.1) is 11.7 Å². The highest BCUT2D eigenvalue weighted by Gasteiger charge is 2.46. The summed E-state index contributed by atoms with van der Waals surface area (Å²) in [4.78, 5) is 19.0. The Hall–Kier alpha value is -2.06. The maximum absolute atomic E-state index is 14.2. The van der Waals surface area contributed by atoms with Crippen molar-refractivity contribution in [1.29, 1.82) is 0 Å². The van der Waals surface area contributed by atoms with E-state index >= 15 is 0 Å². The third kappa shape index (κ3) is 2.68. The van der Waals surface area contributed by atoms with Crippen LogP contribution in [-0.4, -0.2) is 35.2 Å². The smallest absolute Gasteiger partial charge is 0.275 e. The predicted molar refractivity (Wildman–Crippen MR) is 95.1 cm³/mol. The fourth-order valence-corrected chi connectivity index (χ4v) is 4.66. The van der Waals surface area contributed by atoms with E-state index in [2.05, 4.69) is 10.3 Å². The molecule has 2 atom stereocenters. The molecular formula is C17H15ClFN3O3S. The van der Waals surface area contributed by atoms with Gasteiger partial charge >= 0.3 is 0 Å². The first-order chi connectivity index (χ1) is 12.6. The van der Waals surface area contributed by atoms with Gasteiger partial charge < -0.3 is 19.7 Å². The molecule has 2 fully saturated rings. The van der Waals surface area contributed by atoms with Crippen LogP contribution >= 0.6 is 22.9 Å². The molecule has 1 aliphatic carbocycles. The molecule has 3 aliphatic rings. The van der Waals surface area contributed by atoms with Gasteiger partial charge in [0.2, 0.25) is 6.79 Å². The number of likely N-dealkylation sites (tertiary alicyclic amines) is 1. The minimum atomic E-state index is -0.495. The van der Waals surface area contributed by atoms with E-state index in [1.165, 1.54) is 18.6 Å². The Balaban J connectivity index is 1.38. The number of benzene rings is 1. The molecule has 26 heavy (non-hydrogen) atoms. The van der Waals surface area contributed by atoms with Gasteiger partial charge in [0.05, 0.1) is 5.69 Å². The molecule has 5 rings (SSSR count). The molecule has 1 saturated carbocycles. The molecule has 0 bridgehead atoms. The van der Waals surface area contributed by atoms with E-state index in [9.17, 15) is 9.18 Å². The molecule has 1 saturated heterocycles. The van der Waals surface area contributed by atoms with E-state index in [0.29, 0.717) is 32.9 Å². The Labute approximate surface area is 157 Å². The Morgan fingerprint density at radius 3 is 3.04 bits per heavy atom. The van der Waals surface area contributed by atoms with Crippen molar-refractivity contribution < 1.29 is 18.7 Å². The monoisotopic (exact) mass is 395 g/mol. The standard InChI is InChI=1S/C17H15ClFN3O3S/c18-15-14(16(23)22-3-1-2-8-4-11(8)22)21-17(26-15)20-10-6-13-12(5-9(10)19)24-7-25-13/h5-6,8,11H,1-4,7H2,(H,20,21). The van der Waals surface area contributed by atoms with Gasteiger partial charge in [-0.2, -0.15) is 0 Å². The number of ether oxygens (including phenoxy) is 2. The Kier molecular flexibility index (Phi) is 3.72. The van der Waals surface area contributed by atoms with Crippen molar-refractivity contribution >= 4 is 39.7 Å². The lowest BCUT2D eigenvalue weighted by Crippen LogP contribution is -2.37. The van der Waals surface area contributed by atoms with E-state index in [1.807, 2.05) is 4.90 Å². The van der Waals surface area contributed by atoms with Crippen LogP contribution in [0.2, 0.25) is 4.34 Å². The summed E-state index contributed by atoms with van der Waals surface area (Å²) in [7, 11) is 0. The highest BCUT2D eigenvalue weighted by Crippen LogP contribution is 2.44. The molecule has 0 spiro atoms. The third-order valence-corrected chi connectivity index (χ3v) is 6.18. The number of nitrogens with one attached hydrogen (secondary N) is 1. The molecule has 9 heteroatoms. The lowest BCUT2D eigenvalue weighted by molar-refractivity contribution is 0.0701. The normalized spacial score (nSPS) is 22.9. The molecule has 6 nitrogen and oxygen atoms in total. The Morgan fingerprint density at radius 2 is 2.19 bits per heavy atom. The van der Waals surface area contributed by atoms with Crippen molar-refractivity contribution in [2.75, 3.05) is 18.7 Å². The van der Waals surface area contributed by atoms with Gasteiger partial charge in [-0.15, -0.1) is 0 Å². The fourth-order valence-electron chi connectivity index (χ4n) is 3.62. The number of rotatable bonds is 3. The summed E-state index contributed by atoms with van der Waals surface area (Å²) in [5, 5.41) is 3.25. The molecule has 3 heterocycles. The molecule has 2 aliphatic heterocycles. The molecule has 2 aromatic rings. The number of hydrogen-bond donors (Lipinski definition) is 1. The fraction of sp³-hybridized carbons (Fsp3) is 0.412. The van der Waals surface area contributed by atoms with Crippen molar-refractivity contribution in [3.63, 3.8) is 0 Å². The van der Waals surface area contributed by atoms with Gasteiger partial charge in [-0.05, 0) is 25.2 Å². The number of carbonyl (C=O) groups excluding carboxylic acids is 1. The summed E-state index contributed by atoms with van der Waals surface area (Å²) in [5.41, 5.74) is 0.423. The number of amides is 1. The number of thiazole rings is 1. The third-order valence-electron chi connectivity index (χ3n) is 5.01. The summed E-state index contributed by atoms with van der Waals surface area (Å²) < 4.78 is 24.9. The van der Waals surface area contributed by atoms with Crippen LogP contribution in [0.15, 0.2) is 12.1 Å². The first-order valence-electron chi connectivity index (χ1n) is 8.43. The molecular weight excluding hydrogens is 381 g/mol. The highest BCUT2D eigenvalue weighted by atomic mass is 35.5. The predicted octanol–water partition coefficient (Wildman–Crippen LogP) is 4.03. The van der Waals surface area contributed by atoms with Crippen LogP contribution in [-0.2, 0) is 0 Å². The van der Waals surface area contributed by atoms with Crippen LogP contribution in [0.4, 0.5) is 15.2 Å². The quantitative estimate of drug-likeness (QED) is 0.850. The summed E-state index contributed by atoms with van der Waals surface area (Å²) >= 11 is 7.37. The zero-order valence-corrected chi connectivity index (χ0v) is 15.2. The lowest BCUT2D eigenvalue weighted by Gasteiger charge is -2.26.